The molecule has 0 aliphatic heterocycles. The maximum atomic E-state index is 5.23. The number of aromatic nitrogens is 3. The fraction of sp³-hybridized carbons (Fsp3) is 0.357. The van der Waals surface area contributed by atoms with Crippen LogP contribution in [0.15, 0.2) is 16.2 Å². The summed E-state index contributed by atoms with van der Waals surface area (Å²) in [5.74, 6) is 1.70. The molecule has 0 aliphatic carbocycles. The Morgan fingerprint density at radius 3 is 2.75 bits per heavy atom. The molecule has 0 aromatic carbocycles. The summed E-state index contributed by atoms with van der Waals surface area (Å²) in [6.45, 7) is 8.03. The molecule has 3 rings (SSSR count). The molecule has 1 unspecified atom stereocenters. The normalized spacial score (nSPS) is 12.8. The first-order valence-corrected chi connectivity index (χ1v) is 7.34. The van der Waals surface area contributed by atoms with Crippen molar-refractivity contribution in [2.24, 2.45) is 0 Å². The van der Waals surface area contributed by atoms with E-state index >= 15 is 0 Å². The number of aryl methyl sites for hydroxylation is 3. The monoisotopic (exact) mass is 288 g/mol. The zero-order chi connectivity index (χ0) is 14.3. The molecule has 0 saturated heterocycles. The van der Waals surface area contributed by atoms with Crippen molar-refractivity contribution in [2.75, 3.05) is 5.32 Å². The van der Waals surface area contributed by atoms with Gasteiger partial charge in [0, 0.05) is 5.56 Å². The van der Waals surface area contributed by atoms with Gasteiger partial charge in [-0.25, -0.2) is 9.97 Å². The lowest BCUT2D eigenvalue weighted by molar-refractivity contribution is 0.392. The van der Waals surface area contributed by atoms with Gasteiger partial charge in [-0.05, 0) is 38.6 Å². The van der Waals surface area contributed by atoms with Crippen molar-refractivity contribution < 1.29 is 4.52 Å². The van der Waals surface area contributed by atoms with Crippen LogP contribution in [0.4, 0.5) is 5.82 Å². The van der Waals surface area contributed by atoms with Crippen molar-refractivity contribution in [3.8, 4) is 0 Å². The molecule has 0 radical (unpaired) electrons. The van der Waals surface area contributed by atoms with Crippen LogP contribution in [0.1, 0.15) is 35.5 Å². The summed E-state index contributed by atoms with van der Waals surface area (Å²) in [6.07, 6.45) is 1.60. The summed E-state index contributed by atoms with van der Waals surface area (Å²) in [4.78, 5) is 8.70. The Hall–Kier alpha value is -1.95. The van der Waals surface area contributed by atoms with Crippen molar-refractivity contribution in [3.63, 3.8) is 0 Å². The van der Waals surface area contributed by atoms with Gasteiger partial charge in [0.1, 0.15) is 17.9 Å². The lowest BCUT2D eigenvalue weighted by atomic mass is 10.1. The summed E-state index contributed by atoms with van der Waals surface area (Å²) in [5.41, 5.74) is 4.19. The van der Waals surface area contributed by atoms with Crippen molar-refractivity contribution in [1.82, 2.24) is 15.1 Å². The number of rotatable bonds is 3. The summed E-state index contributed by atoms with van der Waals surface area (Å²) in [6, 6.07) is 0.0850. The van der Waals surface area contributed by atoms with Gasteiger partial charge in [-0.2, -0.15) is 0 Å². The van der Waals surface area contributed by atoms with E-state index in [1.165, 1.54) is 5.56 Å². The predicted molar refractivity (Wildman–Crippen MR) is 80.2 cm³/mol. The highest BCUT2D eigenvalue weighted by Gasteiger charge is 2.18. The highest BCUT2D eigenvalue weighted by molar-refractivity contribution is 7.18. The summed E-state index contributed by atoms with van der Waals surface area (Å²) >= 11 is 1.66. The number of anilines is 1. The van der Waals surface area contributed by atoms with Gasteiger partial charge in [0.05, 0.1) is 22.0 Å². The molecular formula is C14H16N4OS. The first-order chi connectivity index (χ1) is 9.58. The second kappa shape index (κ2) is 4.86. The van der Waals surface area contributed by atoms with Crippen molar-refractivity contribution in [3.05, 3.63) is 34.3 Å². The zero-order valence-electron chi connectivity index (χ0n) is 11.9. The summed E-state index contributed by atoms with van der Waals surface area (Å²) < 4.78 is 6.31. The van der Waals surface area contributed by atoms with E-state index in [0.29, 0.717) is 0 Å². The molecule has 0 fully saturated rings. The lowest BCUT2D eigenvalue weighted by Crippen LogP contribution is -2.09. The quantitative estimate of drug-likeness (QED) is 0.794. The highest BCUT2D eigenvalue weighted by atomic mass is 32.1. The van der Waals surface area contributed by atoms with E-state index in [1.807, 2.05) is 13.8 Å². The molecule has 5 nitrogen and oxygen atoms in total. The lowest BCUT2D eigenvalue weighted by Gasteiger charge is -2.14. The number of nitrogens with one attached hydrogen (secondary N) is 1. The van der Waals surface area contributed by atoms with Crippen LogP contribution >= 0.6 is 11.3 Å². The number of nitrogens with zero attached hydrogens (tertiary/aromatic N) is 3. The standard InChI is InChI=1S/C14H16N4OS/c1-7-5-20-13-12(7)15-6-16-14(13)17-8(2)11-9(3)18-19-10(11)4/h5-6,8H,1-4H3,(H,15,16,17). The van der Waals surface area contributed by atoms with Crippen molar-refractivity contribution >= 4 is 27.4 Å². The summed E-state index contributed by atoms with van der Waals surface area (Å²) in [5, 5.41) is 9.54. The number of thiophene rings is 1. The third-order valence-corrected chi connectivity index (χ3v) is 4.50. The molecule has 6 heteroatoms. The zero-order valence-corrected chi connectivity index (χ0v) is 12.7. The number of hydrogen-bond acceptors (Lipinski definition) is 6. The van der Waals surface area contributed by atoms with Gasteiger partial charge in [0.15, 0.2) is 0 Å². The fourth-order valence-corrected chi connectivity index (χ4v) is 3.41. The first kappa shape index (κ1) is 13.1. The van der Waals surface area contributed by atoms with Crippen LogP contribution in [0, 0.1) is 20.8 Å². The average molecular weight is 288 g/mol. The maximum absolute atomic E-state index is 5.23. The molecule has 1 N–H and O–H groups in total. The molecule has 0 amide bonds. The van der Waals surface area contributed by atoms with Crippen LogP contribution in [-0.2, 0) is 0 Å². The minimum absolute atomic E-state index is 0.0850. The second-order valence-corrected chi connectivity index (χ2v) is 5.80. The van der Waals surface area contributed by atoms with Crippen molar-refractivity contribution in [2.45, 2.75) is 33.7 Å². The Kier molecular flexibility index (Phi) is 3.17. The molecule has 0 spiro atoms. The van der Waals surface area contributed by atoms with Gasteiger partial charge >= 0.3 is 0 Å². The predicted octanol–water partition coefficient (Wildman–Crippen LogP) is 3.78. The molecular weight excluding hydrogens is 272 g/mol. The van der Waals surface area contributed by atoms with Crippen LogP contribution in [0.2, 0.25) is 0 Å². The molecule has 3 heterocycles. The highest BCUT2D eigenvalue weighted by Crippen LogP contribution is 2.31. The topological polar surface area (TPSA) is 63.8 Å². The van der Waals surface area contributed by atoms with E-state index in [2.05, 4.69) is 39.7 Å². The Labute approximate surface area is 121 Å². The molecule has 20 heavy (non-hydrogen) atoms. The van der Waals surface area contributed by atoms with E-state index < -0.39 is 0 Å². The molecule has 1 atom stereocenters. The largest absolute Gasteiger partial charge is 0.362 e. The minimum atomic E-state index is 0.0850. The van der Waals surface area contributed by atoms with Crippen LogP contribution in [0.25, 0.3) is 10.2 Å². The number of fused-ring (bicyclic) bond motifs is 1. The van der Waals surface area contributed by atoms with Gasteiger partial charge in [-0.15, -0.1) is 11.3 Å². The third-order valence-electron chi connectivity index (χ3n) is 3.41. The van der Waals surface area contributed by atoms with E-state index in [0.717, 1.165) is 33.1 Å². The molecule has 104 valence electrons. The van der Waals surface area contributed by atoms with Crippen molar-refractivity contribution in [1.29, 1.82) is 0 Å². The second-order valence-electron chi connectivity index (χ2n) is 4.92. The van der Waals surface area contributed by atoms with Crippen LogP contribution < -0.4 is 5.32 Å². The molecule has 3 aromatic rings. The summed E-state index contributed by atoms with van der Waals surface area (Å²) in [7, 11) is 0. The smallest absolute Gasteiger partial charge is 0.147 e. The molecule has 0 aliphatic rings. The van der Waals surface area contributed by atoms with Gasteiger partial charge in [0.2, 0.25) is 0 Å². The van der Waals surface area contributed by atoms with Gasteiger partial charge in [-0.3, -0.25) is 0 Å². The van der Waals surface area contributed by atoms with Crippen LogP contribution in [0.5, 0.6) is 0 Å². The van der Waals surface area contributed by atoms with Crippen LogP contribution in [-0.4, -0.2) is 15.1 Å². The van der Waals surface area contributed by atoms with Gasteiger partial charge < -0.3 is 9.84 Å². The Bertz CT molecular complexity index is 742. The Balaban J connectivity index is 1.97. The number of hydrogen-bond donors (Lipinski definition) is 1. The Morgan fingerprint density at radius 1 is 1.25 bits per heavy atom. The average Bonchev–Trinajstić information content (AvgIpc) is 2.95. The Morgan fingerprint density at radius 2 is 2.05 bits per heavy atom. The van der Waals surface area contributed by atoms with E-state index in [1.54, 1.807) is 17.7 Å². The van der Waals surface area contributed by atoms with Gasteiger partial charge in [-0.1, -0.05) is 5.16 Å². The van der Waals surface area contributed by atoms with E-state index in [9.17, 15) is 0 Å². The van der Waals surface area contributed by atoms with E-state index in [-0.39, 0.29) is 6.04 Å². The molecule has 0 saturated carbocycles. The third kappa shape index (κ3) is 2.06. The maximum Gasteiger partial charge on any atom is 0.147 e. The SMILES string of the molecule is Cc1noc(C)c1C(C)Nc1ncnc2c(C)csc12. The first-order valence-electron chi connectivity index (χ1n) is 6.46. The molecule has 0 bridgehead atoms. The fourth-order valence-electron chi connectivity index (χ4n) is 2.46. The van der Waals surface area contributed by atoms with Crippen LogP contribution in [0.3, 0.4) is 0 Å². The minimum Gasteiger partial charge on any atom is -0.362 e. The van der Waals surface area contributed by atoms with Gasteiger partial charge in [0.25, 0.3) is 0 Å². The molecule has 3 aromatic heterocycles. The van der Waals surface area contributed by atoms with E-state index in [4.69, 9.17) is 4.52 Å².